The third kappa shape index (κ3) is 1.57. The molecule has 1 aromatic carbocycles. The zero-order chi connectivity index (χ0) is 10.3. The molecule has 2 aliphatic heterocycles. The summed E-state index contributed by atoms with van der Waals surface area (Å²) in [5.41, 5.74) is 2.45. The molecule has 80 valence electrons. The summed E-state index contributed by atoms with van der Waals surface area (Å²) in [5, 5.41) is 16.4. The highest BCUT2D eigenvalue weighted by Crippen LogP contribution is 2.32. The van der Waals surface area contributed by atoms with Crippen LogP contribution in [0.15, 0.2) is 18.2 Å². The lowest BCUT2D eigenvalue weighted by Crippen LogP contribution is -2.47. The molecule has 2 heterocycles. The van der Waals surface area contributed by atoms with Gasteiger partial charge in [-0.2, -0.15) is 0 Å². The Kier molecular flexibility index (Phi) is 2.06. The SMILES string of the molecule is Oc1ccc2c(c1)NC1CCNCC1C2. The van der Waals surface area contributed by atoms with Crippen LogP contribution in [0.2, 0.25) is 0 Å². The van der Waals surface area contributed by atoms with Crippen molar-refractivity contribution in [1.29, 1.82) is 0 Å². The molecule has 1 fully saturated rings. The van der Waals surface area contributed by atoms with E-state index in [-0.39, 0.29) is 0 Å². The van der Waals surface area contributed by atoms with Gasteiger partial charge in [-0.15, -0.1) is 0 Å². The first kappa shape index (κ1) is 9.04. The Morgan fingerprint density at radius 3 is 3.20 bits per heavy atom. The first-order valence-electron chi connectivity index (χ1n) is 5.62. The van der Waals surface area contributed by atoms with Gasteiger partial charge in [-0.25, -0.2) is 0 Å². The Bertz CT molecular complexity index is 378. The highest BCUT2D eigenvalue weighted by molar-refractivity contribution is 5.57. The average molecular weight is 204 g/mol. The minimum atomic E-state index is 0.355. The van der Waals surface area contributed by atoms with Gasteiger partial charge in [0.15, 0.2) is 0 Å². The number of benzene rings is 1. The smallest absolute Gasteiger partial charge is 0.117 e. The van der Waals surface area contributed by atoms with E-state index in [2.05, 4.69) is 10.6 Å². The molecule has 0 saturated carbocycles. The molecular formula is C12H16N2O. The normalized spacial score (nSPS) is 28.8. The maximum absolute atomic E-state index is 9.43. The van der Waals surface area contributed by atoms with E-state index in [1.807, 2.05) is 12.1 Å². The molecule has 2 aliphatic rings. The average Bonchev–Trinajstić information content (AvgIpc) is 2.26. The highest BCUT2D eigenvalue weighted by atomic mass is 16.3. The van der Waals surface area contributed by atoms with E-state index in [0.717, 1.165) is 25.2 Å². The van der Waals surface area contributed by atoms with Gasteiger partial charge in [0.25, 0.3) is 0 Å². The van der Waals surface area contributed by atoms with E-state index >= 15 is 0 Å². The second-order valence-electron chi connectivity index (χ2n) is 4.55. The molecule has 0 bridgehead atoms. The number of fused-ring (bicyclic) bond motifs is 2. The fraction of sp³-hybridized carbons (Fsp3) is 0.500. The Labute approximate surface area is 89.5 Å². The quantitative estimate of drug-likeness (QED) is 0.597. The molecule has 3 heteroatoms. The number of hydrogen-bond donors (Lipinski definition) is 3. The Hall–Kier alpha value is -1.22. The topological polar surface area (TPSA) is 44.3 Å². The number of phenols is 1. The van der Waals surface area contributed by atoms with Crippen molar-refractivity contribution in [3.63, 3.8) is 0 Å². The van der Waals surface area contributed by atoms with Gasteiger partial charge in [-0.1, -0.05) is 6.07 Å². The van der Waals surface area contributed by atoms with Crippen LogP contribution in [-0.2, 0) is 6.42 Å². The van der Waals surface area contributed by atoms with Gasteiger partial charge in [0, 0.05) is 24.3 Å². The molecule has 0 aromatic heterocycles. The Balaban J connectivity index is 1.92. The maximum Gasteiger partial charge on any atom is 0.117 e. The molecule has 2 atom stereocenters. The van der Waals surface area contributed by atoms with Crippen LogP contribution in [0.1, 0.15) is 12.0 Å². The van der Waals surface area contributed by atoms with E-state index in [1.54, 1.807) is 6.07 Å². The van der Waals surface area contributed by atoms with Crippen molar-refractivity contribution < 1.29 is 5.11 Å². The number of piperidine rings is 1. The van der Waals surface area contributed by atoms with Gasteiger partial charge >= 0.3 is 0 Å². The third-order valence-electron chi connectivity index (χ3n) is 3.52. The van der Waals surface area contributed by atoms with Crippen LogP contribution in [0.3, 0.4) is 0 Å². The number of rotatable bonds is 0. The molecule has 1 aromatic rings. The van der Waals surface area contributed by atoms with Crippen molar-refractivity contribution in [3.05, 3.63) is 23.8 Å². The lowest BCUT2D eigenvalue weighted by molar-refractivity contribution is 0.333. The summed E-state index contributed by atoms with van der Waals surface area (Å²) in [4.78, 5) is 0. The van der Waals surface area contributed by atoms with E-state index in [0.29, 0.717) is 17.7 Å². The fourth-order valence-corrected chi connectivity index (χ4v) is 2.69. The van der Waals surface area contributed by atoms with E-state index < -0.39 is 0 Å². The molecule has 3 N–H and O–H groups in total. The van der Waals surface area contributed by atoms with Crippen LogP contribution in [0.4, 0.5) is 5.69 Å². The molecule has 3 rings (SSSR count). The highest BCUT2D eigenvalue weighted by Gasteiger charge is 2.29. The minimum absolute atomic E-state index is 0.355. The molecule has 3 nitrogen and oxygen atoms in total. The lowest BCUT2D eigenvalue weighted by atomic mass is 9.83. The molecule has 0 spiro atoms. The molecule has 0 radical (unpaired) electrons. The zero-order valence-electron chi connectivity index (χ0n) is 8.66. The van der Waals surface area contributed by atoms with Crippen LogP contribution in [-0.4, -0.2) is 24.2 Å². The zero-order valence-corrected chi connectivity index (χ0v) is 8.66. The molecular weight excluding hydrogens is 188 g/mol. The largest absolute Gasteiger partial charge is 0.508 e. The fourth-order valence-electron chi connectivity index (χ4n) is 2.69. The Morgan fingerprint density at radius 1 is 1.33 bits per heavy atom. The first-order valence-corrected chi connectivity index (χ1v) is 5.62. The predicted octanol–water partition coefficient (Wildman–Crippen LogP) is 1.34. The van der Waals surface area contributed by atoms with Crippen molar-refractivity contribution in [3.8, 4) is 5.75 Å². The van der Waals surface area contributed by atoms with Gasteiger partial charge in [0.1, 0.15) is 5.75 Å². The number of phenolic OH excluding ortho intramolecular Hbond substituents is 1. The summed E-state index contributed by atoms with van der Waals surface area (Å²) in [5.74, 6) is 1.06. The molecule has 0 amide bonds. The number of hydrogen-bond acceptors (Lipinski definition) is 3. The second-order valence-corrected chi connectivity index (χ2v) is 4.55. The molecule has 2 unspecified atom stereocenters. The molecule has 15 heavy (non-hydrogen) atoms. The van der Waals surface area contributed by atoms with Crippen molar-refractivity contribution in [2.24, 2.45) is 5.92 Å². The van der Waals surface area contributed by atoms with Crippen LogP contribution < -0.4 is 10.6 Å². The summed E-state index contributed by atoms with van der Waals surface area (Å²) in [6, 6.07) is 6.23. The number of anilines is 1. The summed E-state index contributed by atoms with van der Waals surface area (Å²) >= 11 is 0. The summed E-state index contributed by atoms with van der Waals surface area (Å²) in [7, 11) is 0. The van der Waals surface area contributed by atoms with Crippen LogP contribution in [0, 0.1) is 5.92 Å². The second kappa shape index (κ2) is 3.42. The van der Waals surface area contributed by atoms with E-state index in [9.17, 15) is 5.11 Å². The van der Waals surface area contributed by atoms with Crippen molar-refractivity contribution in [2.75, 3.05) is 18.4 Å². The first-order chi connectivity index (χ1) is 7.33. The minimum Gasteiger partial charge on any atom is -0.508 e. The van der Waals surface area contributed by atoms with Gasteiger partial charge < -0.3 is 15.7 Å². The van der Waals surface area contributed by atoms with Crippen LogP contribution >= 0.6 is 0 Å². The van der Waals surface area contributed by atoms with E-state index in [1.165, 1.54) is 12.0 Å². The van der Waals surface area contributed by atoms with Crippen molar-refractivity contribution in [1.82, 2.24) is 5.32 Å². The van der Waals surface area contributed by atoms with Crippen molar-refractivity contribution >= 4 is 5.69 Å². The third-order valence-corrected chi connectivity index (χ3v) is 3.52. The summed E-state index contributed by atoms with van der Waals surface area (Å²) < 4.78 is 0. The maximum atomic E-state index is 9.43. The van der Waals surface area contributed by atoms with Crippen molar-refractivity contribution in [2.45, 2.75) is 18.9 Å². The number of aromatic hydroxyl groups is 1. The van der Waals surface area contributed by atoms with Gasteiger partial charge in [0.2, 0.25) is 0 Å². The van der Waals surface area contributed by atoms with E-state index in [4.69, 9.17) is 0 Å². The Morgan fingerprint density at radius 2 is 2.27 bits per heavy atom. The summed E-state index contributed by atoms with van der Waals surface area (Å²) in [6.45, 7) is 2.21. The monoisotopic (exact) mass is 204 g/mol. The van der Waals surface area contributed by atoms with Crippen LogP contribution in [0.5, 0.6) is 5.75 Å². The standard InChI is InChI=1S/C12H16N2O/c15-10-2-1-8-5-9-7-13-4-3-11(9)14-12(8)6-10/h1-2,6,9,11,13-15H,3-5,7H2. The predicted molar refractivity (Wildman–Crippen MR) is 60.2 cm³/mol. The molecule has 1 saturated heterocycles. The lowest BCUT2D eigenvalue weighted by Gasteiger charge is -2.38. The van der Waals surface area contributed by atoms with Gasteiger partial charge in [0.05, 0.1) is 0 Å². The summed E-state index contributed by atoms with van der Waals surface area (Å²) in [6.07, 6.45) is 2.31. The number of nitrogens with one attached hydrogen (secondary N) is 2. The molecule has 0 aliphatic carbocycles. The van der Waals surface area contributed by atoms with Crippen LogP contribution in [0.25, 0.3) is 0 Å². The van der Waals surface area contributed by atoms with Gasteiger partial charge in [-0.3, -0.25) is 0 Å². The van der Waals surface area contributed by atoms with Gasteiger partial charge in [-0.05, 0) is 36.9 Å².